The zero-order valence-corrected chi connectivity index (χ0v) is 12.7. The van der Waals surface area contributed by atoms with Gasteiger partial charge in [0.1, 0.15) is 0 Å². The van der Waals surface area contributed by atoms with Gasteiger partial charge in [-0.05, 0) is 44.1 Å². The zero-order valence-electron chi connectivity index (χ0n) is 11.9. The smallest absolute Gasteiger partial charge is 0.314 e. The molecule has 0 aromatic rings. The van der Waals surface area contributed by atoms with Crippen LogP contribution in [-0.2, 0) is 0 Å². The first kappa shape index (κ1) is 17.2. The number of halogens is 3. The van der Waals surface area contributed by atoms with E-state index >= 15 is 0 Å². The number of hydrogen-bond acceptors (Lipinski definition) is 2. The topological polar surface area (TPSA) is 12.0 Å². The average molecular weight is 297 g/mol. The van der Waals surface area contributed by atoms with E-state index in [1.165, 1.54) is 19.3 Å². The molecular weight excluding hydrogens is 271 g/mol. The summed E-state index contributed by atoms with van der Waals surface area (Å²) in [6.45, 7) is 5.16. The van der Waals surface area contributed by atoms with Crippen LogP contribution in [0, 0.1) is 11.8 Å². The van der Waals surface area contributed by atoms with Crippen molar-refractivity contribution in [3.8, 4) is 0 Å². The second-order valence-corrected chi connectivity index (χ2v) is 6.63. The average Bonchev–Trinajstić information content (AvgIpc) is 2.31. The number of rotatable bonds is 7. The van der Waals surface area contributed by atoms with Gasteiger partial charge in [0.25, 0.3) is 0 Å². The Morgan fingerprint density at radius 3 is 2.47 bits per heavy atom. The highest BCUT2D eigenvalue weighted by Crippen LogP contribution is 2.37. The summed E-state index contributed by atoms with van der Waals surface area (Å²) in [4.78, 5) is 0. The Balaban J connectivity index is 2.42. The Bertz CT molecular complexity index is 245. The highest BCUT2D eigenvalue weighted by atomic mass is 32.2. The molecule has 0 aliphatic heterocycles. The summed E-state index contributed by atoms with van der Waals surface area (Å²) < 4.78 is 36.6. The van der Waals surface area contributed by atoms with Gasteiger partial charge in [0.2, 0.25) is 0 Å². The van der Waals surface area contributed by atoms with E-state index in [4.69, 9.17) is 0 Å². The first-order chi connectivity index (χ1) is 8.96. The monoisotopic (exact) mass is 297 g/mol. The van der Waals surface area contributed by atoms with Crippen LogP contribution < -0.4 is 5.32 Å². The maximum Gasteiger partial charge on any atom is 0.441 e. The molecule has 1 fully saturated rings. The fraction of sp³-hybridized carbons (Fsp3) is 1.00. The molecule has 0 heterocycles. The summed E-state index contributed by atoms with van der Waals surface area (Å²) in [5, 5.41) is 3.45. The van der Waals surface area contributed by atoms with E-state index in [2.05, 4.69) is 19.2 Å². The summed E-state index contributed by atoms with van der Waals surface area (Å²) in [6, 6.07) is 0.423. The van der Waals surface area contributed by atoms with Crippen molar-refractivity contribution in [2.24, 2.45) is 11.8 Å². The van der Waals surface area contributed by atoms with Crippen LogP contribution >= 0.6 is 11.8 Å². The van der Waals surface area contributed by atoms with Crippen molar-refractivity contribution in [3.63, 3.8) is 0 Å². The molecule has 1 aliphatic rings. The van der Waals surface area contributed by atoms with Crippen molar-refractivity contribution in [1.29, 1.82) is 0 Å². The lowest BCUT2D eigenvalue weighted by molar-refractivity contribution is -0.0328. The summed E-state index contributed by atoms with van der Waals surface area (Å²) in [7, 11) is 0. The van der Waals surface area contributed by atoms with Gasteiger partial charge in [-0.1, -0.05) is 38.5 Å². The third-order valence-corrected chi connectivity index (χ3v) is 4.78. The van der Waals surface area contributed by atoms with Crippen LogP contribution in [0.15, 0.2) is 0 Å². The van der Waals surface area contributed by atoms with Crippen molar-refractivity contribution in [2.75, 3.05) is 12.3 Å². The summed E-state index contributed by atoms with van der Waals surface area (Å²) in [6.07, 6.45) is 6.54. The molecule has 1 N–H and O–H groups in total. The molecule has 0 radical (unpaired) electrons. The largest absolute Gasteiger partial charge is 0.441 e. The van der Waals surface area contributed by atoms with Crippen LogP contribution in [0.5, 0.6) is 0 Å². The predicted molar refractivity (Wildman–Crippen MR) is 76.3 cm³/mol. The number of nitrogens with one attached hydrogen (secondary N) is 1. The van der Waals surface area contributed by atoms with Crippen LogP contribution in [-0.4, -0.2) is 23.8 Å². The van der Waals surface area contributed by atoms with Gasteiger partial charge in [0.15, 0.2) is 0 Å². The maximum atomic E-state index is 12.2. The van der Waals surface area contributed by atoms with Gasteiger partial charge in [-0.3, -0.25) is 0 Å². The normalized spacial score (nSPS) is 28.6. The minimum atomic E-state index is -4.08. The van der Waals surface area contributed by atoms with E-state index in [0.717, 1.165) is 25.3 Å². The summed E-state index contributed by atoms with van der Waals surface area (Å²) >= 11 is 0.134. The molecular formula is C14H26F3NS. The molecule has 0 bridgehead atoms. The molecule has 0 amide bonds. The molecule has 3 unspecified atom stereocenters. The van der Waals surface area contributed by atoms with Crippen molar-refractivity contribution >= 4 is 11.8 Å². The highest BCUT2D eigenvalue weighted by Gasteiger charge is 2.32. The van der Waals surface area contributed by atoms with Crippen LogP contribution in [0.4, 0.5) is 13.2 Å². The van der Waals surface area contributed by atoms with Crippen LogP contribution in [0.3, 0.4) is 0 Å². The lowest BCUT2D eigenvalue weighted by atomic mass is 9.75. The predicted octanol–water partition coefficient (Wildman–Crippen LogP) is 4.82. The number of hydrogen-bond donors (Lipinski definition) is 1. The van der Waals surface area contributed by atoms with Gasteiger partial charge in [-0.15, -0.1) is 0 Å². The lowest BCUT2D eigenvalue weighted by Crippen LogP contribution is -2.41. The van der Waals surface area contributed by atoms with E-state index in [-0.39, 0.29) is 17.5 Å². The minimum Gasteiger partial charge on any atom is -0.314 e. The molecule has 0 aromatic carbocycles. The van der Waals surface area contributed by atoms with Crippen LogP contribution in [0.2, 0.25) is 0 Å². The Labute approximate surface area is 119 Å². The standard InChI is InChI=1S/C14H26F3NS/c1-3-5-11-6-7-13(18-4-2)12(10-11)8-9-19-14(15,16)17/h11-13,18H,3-10H2,1-2H3. The second kappa shape index (κ2) is 8.40. The fourth-order valence-corrected chi connectivity index (χ4v) is 3.86. The first-order valence-electron chi connectivity index (χ1n) is 7.40. The van der Waals surface area contributed by atoms with Crippen molar-refractivity contribution in [1.82, 2.24) is 5.32 Å². The molecule has 1 saturated carbocycles. The van der Waals surface area contributed by atoms with Crippen molar-refractivity contribution < 1.29 is 13.2 Å². The molecule has 1 nitrogen and oxygen atoms in total. The third kappa shape index (κ3) is 6.89. The van der Waals surface area contributed by atoms with Crippen LogP contribution in [0.1, 0.15) is 52.4 Å². The molecule has 5 heteroatoms. The van der Waals surface area contributed by atoms with Crippen LogP contribution in [0.25, 0.3) is 0 Å². The van der Waals surface area contributed by atoms with E-state index in [1.807, 2.05) is 0 Å². The van der Waals surface area contributed by atoms with Crippen molar-refractivity contribution in [2.45, 2.75) is 63.9 Å². The number of alkyl halides is 3. The van der Waals surface area contributed by atoms with E-state index in [0.29, 0.717) is 18.4 Å². The molecule has 0 spiro atoms. The van der Waals surface area contributed by atoms with E-state index in [9.17, 15) is 13.2 Å². The SMILES string of the molecule is CCCC1CCC(NCC)C(CCSC(F)(F)F)C1. The van der Waals surface area contributed by atoms with E-state index < -0.39 is 5.51 Å². The fourth-order valence-electron chi connectivity index (χ4n) is 3.21. The number of thioether (sulfide) groups is 1. The molecule has 1 aliphatic carbocycles. The molecule has 3 atom stereocenters. The minimum absolute atomic E-state index is 0.134. The molecule has 0 saturated heterocycles. The second-order valence-electron chi connectivity index (χ2n) is 5.47. The Morgan fingerprint density at radius 1 is 1.16 bits per heavy atom. The Hall–Kier alpha value is 0.100. The van der Waals surface area contributed by atoms with Gasteiger partial charge in [-0.2, -0.15) is 13.2 Å². The Kier molecular flexibility index (Phi) is 7.58. The first-order valence-corrected chi connectivity index (χ1v) is 8.38. The van der Waals surface area contributed by atoms with Gasteiger partial charge in [-0.25, -0.2) is 0 Å². The summed E-state index contributed by atoms with van der Waals surface area (Å²) in [5.41, 5.74) is -4.08. The third-order valence-electron chi connectivity index (χ3n) is 4.01. The maximum absolute atomic E-state index is 12.2. The van der Waals surface area contributed by atoms with Crippen molar-refractivity contribution in [3.05, 3.63) is 0 Å². The van der Waals surface area contributed by atoms with Gasteiger partial charge >= 0.3 is 5.51 Å². The Morgan fingerprint density at radius 2 is 1.89 bits per heavy atom. The molecule has 19 heavy (non-hydrogen) atoms. The molecule has 0 aromatic heterocycles. The quantitative estimate of drug-likeness (QED) is 0.722. The highest BCUT2D eigenvalue weighted by molar-refractivity contribution is 8.00. The van der Waals surface area contributed by atoms with E-state index in [1.54, 1.807) is 0 Å². The van der Waals surface area contributed by atoms with Gasteiger partial charge in [0, 0.05) is 11.8 Å². The summed E-state index contributed by atoms with van der Waals surface area (Å²) in [5.74, 6) is 1.34. The molecule has 1 rings (SSSR count). The molecule has 114 valence electrons. The lowest BCUT2D eigenvalue weighted by Gasteiger charge is -2.37. The van der Waals surface area contributed by atoms with Gasteiger partial charge in [0.05, 0.1) is 0 Å². The van der Waals surface area contributed by atoms with Gasteiger partial charge < -0.3 is 5.32 Å². The zero-order chi connectivity index (χ0) is 14.3.